The number of furan rings is 1. The van der Waals surface area contributed by atoms with Gasteiger partial charge >= 0.3 is 6.18 Å². The largest absolute Gasteiger partial charge is 0.460 e. The summed E-state index contributed by atoms with van der Waals surface area (Å²) >= 11 is 0. The van der Waals surface area contributed by atoms with E-state index < -0.39 is 12.6 Å². The SMILES string of the molecule is CC(C)(C)c1ccc(-c2c(CC(F)(F)F)oc3ccccc23)cc1. The van der Waals surface area contributed by atoms with Crippen molar-refractivity contribution in [3.8, 4) is 11.1 Å². The number of benzene rings is 2. The van der Waals surface area contributed by atoms with Gasteiger partial charge in [0.05, 0.1) is 0 Å². The molecule has 3 rings (SSSR count). The number of hydrogen-bond donors (Lipinski definition) is 0. The highest BCUT2D eigenvalue weighted by Crippen LogP contribution is 2.38. The van der Waals surface area contributed by atoms with Gasteiger partial charge in [0.15, 0.2) is 0 Å². The van der Waals surface area contributed by atoms with Crippen LogP contribution in [-0.4, -0.2) is 6.18 Å². The van der Waals surface area contributed by atoms with Crippen molar-refractivity contribution < 1.29 is 17.6 Å². The molecule has 0 amide bonds. The minimum absolute atomic E-state index is 0.00814. The van der Waals surface area contributed by atoms with E-state index in [9.17, 15) is 13.2 Å². The normalized spacial score (nSPS) is 12.8. The zero-order valence-electron chi connectivity index (χ0n) is 13.9. The molecule has 0 fully saturated rings. The van der Waals surface area contributed by atoms with Crippen LogP contribution in [0, 0.1) is 0 Å². The highest BCUT2D eigenvalue weighted by Gasteiger charge is 2.32. The van der Waals surface area contributed by atoms with Gasteiger partial charge in [0.2, 0.25) is 0 Å². The summed E-state index contributed by atoms with van der Waals surface area (Å²) in [5.74, 6) is -0.0350. The van der Waals surface area contributed by atoms with Crippen LogP contribution in [0.2, 0.25) is 0 Å². The number of fused-ring (bicyclic) bond motifs is 1. The smallest absolute Gasteiger partial charge is 0.396 e. The topological polar surface area (TPSA) is 13.1 Å². The summed E-state index contributed by atoms with van der Waals surface area (Å²) in [4.78, 5) is 0. The van der Waals surface area contributed by atoms with Crippen LogP contribution in [0.4, 0.5) is 13.2 Å². The Hall–Kier alpha value is -2.23. The maximum atomic E-state index is 12.9. The number of rotatable bonds is 2. The highest BCUT2D eigenvalue weighted by atomic mass is 19.4. The third kappa shape index (κ3) is 3.32. The van der Waals surface area contributed by atoms with Gasteiger partial charge in [-0.2, -0.15) is 13.2 Å². The summed E-state index contributed by atoms with van der Waals surface area (Å²) in [6.07, 6.45) is -5.38. The number of halogens is 3. The van der Waals surface area contributed by atoms with E-state index in [1.54, 1.807) is 18.2 Å². The second kappa shape index (κ2) is 5.69. The molecule has 1 nitrogen and oxygen atoms in total. The van der Waals surface area contributed by atoms with Gasteiger partial charge in [-0.3, -0.25) is 0 Å². The third-order valence-electron chi connectivity index (χ3n) is 4.07. The zero-order valence-corrected chi connectivity index (χ0v) is 13.9. The quantitative estimate of drug-likeness (QED) is 0.522. The zero-order chi connectivity index (χ0) is 17.5. The molecule has 0 spiro atoms. The minimum Gasteiger partial charge on any atom is -0.460 e. The number of alkyl halides is 3. The molecule has 0 atom stereocenters. The van der Waals surface area contributed by atoms with Gasteiger partial charge in [-0.25, -0.2) is 0 Å². The molecular weight excluding hydrogens is 313 g/mol. The summed E-state index contributed by atoms with van der Waals surface area (Å²) < 4.78 is 44.3. The minimum atomic E-state index is -4.31. The van der Waals surface area contributed by atoms with Crippen molar-refractivity contribution in [2.45, 2.75) is 38.8 Å². The summed E-state index contributed by atoms with van der Waals surface area (Å²) in [7, 11) is 0. The van der Waals surface area contributed by atoms with Crippen LogP contribution >= 0.6 is 0 Å². The molecule has 0 saturated carbocycles. The molecule has 0 aliphatic heterocycles. The van der Waals surface area contributed by atoms with Gasteiger partial charge in [0, 0.05) is 10.9 Å². The van der Waals surface area contributed by atoms with E-state index in [4.69, 9.17) is 4.42 Å². The van der Waals surface area contributed by atoms with Crippen LogP contribution in [0.25, 0.3) is 22.1 Å². The fourth-order valence-electron chi connectivity index (χ4n) is 2.86. The third-order valence-corrected chi connectivity index (χ3v) is 4.07. The first kappa shape index (κ1) is 16.6. The standard InChI is InChI=1S/C20H19F3O/c1-19(2,3)14-10-8-13(9-11-14)18-15-6-4-5-7-16(15)24-17(18)12-20(21,22)23/h4-11H,12H2,1-3H3. The fourth-order valence-corrected chi connectivity index (χ4v) is 2.86. The molecule has 1 heterocycles. The maximum Gasteiger partial charge on any atom is 0.396 e. The summed E-state index contributed by atoms with van der Waals surface area (Å²) in [5, 5.41) is 0.709. The predicted octanol–water partition coefficient (Wildman–Crippen LogP) is 6.50. The van der Waals surface area contributed by atoms with Gasteiger partial charge in [0.25, 0.3) is 0 Å². The van der Waals surface area contributed by atoms with Gasteiger partial charge in [0.1, 0.15) is 17.8 Å². The second-order valence-corrected chi connectivity index (χ2v) is 7.02. The summed E-state index contributed by atoms with van der Waals surface area (Å²) in [6, 6.07) is 14.7. The van der Waals surface area contributed by atoms with Crippen molar-refractivity contribution in [2.75, 3.05) is 0 Å². The average Bonchev–Trinajstić information content (AvgIpc) is 2.82. The Balaban J connectivity index is 2.15. The van der Waals surface area contributed by atoms with Crippen molar-refractivity contribution in [3.05, 3.63) is 59.9 Å². The molecule has 0 aliphatic carbocycles. The number of para-hydroxylation sites is 1. The van der Waals surface area contributed by atoms with E-state index in [0.29, 0.717) is 16.5 Å². The lowest BCUT2D eigenvalue weighted by atomic mass is 9.86. The first-order valence-electron chi connectivity index (χ1n) is 7.83. The van der Waals surface area contributed by atoms with E-state index >= 15 is 0 Å². The maximum absolute atomic E-state index is 12.9. The Morgan fingerprint density at radius 3 is 2.08 bits per heavy atom. The van der Waals surface area contributed by atoms with Crippen LogP contribution in [0.15, 0.2) is 52.9 Å². The molecule has 0 unspecified atom stereocenters. The molecular formula is C20H19F3O. The molecule has 0 aliphatic rings. The number of hydrogen-bond acceptors (Lipinski definition) is 1. The van der Waals surface area contributed by atoms with Crippen LogP contribution in [-0.2, 0) is 11.8 Å². The molecule has 1 aromatic heterocycles. The van der Waals surface area contributed by atoms with E-state index in [0.717, 1.165) is 11.1 Å². The predicted molar refractivity (Wildman–Crippen MR) is 90.1 cm³/mol. The lowest BCUT2D eigenvalue weighted by Crippen LogP contribution is -2.12. The van der Waals surface area contributed by atoms with Gasteiger partial charge < -0.3 is 4.42 Å². The van der Waals surface area contributed by atoms with Crippen molar-refractivity contribution in [2.24, 2.45) is 0 Å². The van der Waals surface area contributed by atoms with Crippen molar-refractivity contribution >= 4 is 11.0 Å². The van der Waals surface area contributed by atoms with E-state index in [-0.39, 0.29) is 11.2 Å². The average molecular weight is 332 g/mol. The Bertz CT molecular complexity index is 849. The molecule has 0 N–H and O–H groups in total. The summed E-state index contributed by atoms with van der Waals surface area (Å²) in [6.45, 7) is 6.30. The highest BCUT2D eigenvalue weighted by molar-refractivity contribution is 5.95. The van der Waals surface area contributed by atoms with Crippen LogP contribution in [0.1, 0.15) is 32.1 Å². The van der Waals surface area contributed by atoms with Gasteiger partial charge in [-0.05, 0) is 22.6 Å². The van der Waals surface area contributed by atoms with Crippen molar-refractivity contribution in [1.82, 2.24) is 0 Å². The van der Waals surface area contributed by atoms with Crippen LogP contribution in [0.5, 0.6) is 0 Å². The second-order valence-electron chi connectivity index (χ2n) is 7.02. The Labute approximate surface area is 139 Å². The summed E-state index contributed by atoms with van der Waals surface area (Å²) in [5.41, 5.74) is 2.88. The fraction of sp³-hybridized carbons (Fsp3) is 0.300. The lowest BCUT2D eigenvalue weighted by Gasteiger charge is -2.19. The van der Waals surface area contributed by atoms with E-state index in [1.807, 2.05) is 30.3 Å². The van der Waals surface area contributed by atoms with Gasteiger partial charge in [-0.15, -0.1) is 0 Å². The molecule has 0 radical (unpaired) electrons. The lowest BCUT2D eigenvalue weighted by molar-refractivity contribution is -0.129. The van der Waals surface area contributed by atoms with Crippen LogP contribution < -0.4 is 0 Å². The molecule has 4 heteroatoms. The van der Waals surface area contributed by atoms with Crippen molar-refractivity contribution in [3.63, 3.8) is 0 Å². The molecule has 0 bridgehead atoms. The Morgan fingerprint density at radius 1 is 0.875 bits per heavy atom. The van der Waals surface area contributed by atoms with E-state index in [2.05, 4.69) is 20.8 Å². The molecule has 126 valence electrons. The van der Waals surface area contributed by atoms with Crippen molar-refractivity contribution in [1.29, 1.82) is 0 Å². The molecule has 3 aromatic rings. The molecule has 24 heavy (non-hydrogen) atoms. The molecule has 0 saturated heterocycles. The molecule has 2 aromatic carbocycles. The van der Waals surface area contributed by atoms with Crippen LogP contribution in [0.3, 0.4) is 0 Å². The Kier molecular flexibility index (Phi) is 3.94. The Morgan fingerprint density at radius 2 is 1.50 bits per heavy atom. The van der Waals surface area contributed by atoms with Gasteiger partial charge in [-0.1, -0.05) is 63.2 Å². The monoisotopic (exact) mass is 332 g/mol. The van der Waals surface area contributed by atoms with E-state index in [1.165, 1.54) is 0 Å². The first-order valence-corrected chi connectivity index (χ1v) is 7.83. The first-order chi connectivity index (χ1) is 11.1.